The van der Waals surface area contributed by atoms with Crippen LogP contribution in [0.15, 0.2) is 54.6 Å². The van der Waals surface area contributed by atoms with E-state index in [0.717, 1.165) is 42.0 Å². The summed E-state index contributed by atoms with van der Waals surface area (Å²) < 4.78 is 0. The first-order valence-corrected chi connectivity index (χ1v) is 10.5. The van der Waals surface area contributed by atoms with Gasteiger partial charge in [-0.2, -0.15) is 0 Å². The zero-order valence-electron chi connectivity index (χ0n) is 16.2. The SMILES string of the molecule is Cc1ccc(C(=O)NC2C[C@H]3CCC[C@H](C2)N3C(=S)Nc2ccccc2)cc1. The summed E-state index contributed by atoms with van der Waals surface area (Å²) in [6.45, 7) is 2.03. The number of anilines is 1. The van der Waals surface area contributed by atoms with Crippen LogP contribution in [0.3, 0.4) is 0 Å². The molecule has 2 aromatic carbocycles. The molecule has 2 bridgehead atoms. The molecule has 2 aliphatic heterocycles. The minimum Gasteiger partial charge on any atom is -0.349 e. The van der Waals surface area contributed by atoms with E-state index in [1.54, 1.807) is 0 Å². The van der Waals surface area contributed by atoms with Gasteiger partial charge in [-0.3, -0.25) is 4.79 Å². The minimum absolute atomic E-state index is 0.0292. The molecule has 4 nitrogen and oxygen atoms in total. The van der Waals surface area contributed by atoms with Gasteiger partial charge < -0.3 is 15.5 Å². The van der Waals surface area contributed by atoms with Gasteiger partial charge >= 0.3 is 0 Å². The number of aryl methyl sites for hydroxylation is 1. The third kappa shape index (κ3) is 4.20. The highest BCUT2D eigenvalue weighted by molar-refractivity contribution is 7.80. The van der Waals surface area contributed by atoms with Crippen LogP contribution in [0.2, 0.25) is 0 Å². The topological polar surface area (TPSA) is 44.4 Å². The molecule has 2 saturated heterocycles. The summed E-state index contributed by atoms with van der Waals surface area (Å²) in [6, 6.07) is 18.9. The van der Waals surface area contributed by atoms with E-state index in [2.05, 4.69) is 15.5 Å². The smallest absolute Gasteiger partial charge is 0.251 e. The first kappa shape index (κ1) is 18.9. The van der Waals surface area contributed by atoms with Crippen molar-refractivity contribution < 1.29 is 4.79 Å². The van der Waals surface area contributed by atoms with Gasteiger partial charge in [0.15, 0.2) is 5.11 Å². The number of nitrogens with zero attached hydrogens (tertiary/aromatic N) is 1. The van der Waals surface area contributed by atoms with Crippen LogP contribution in [-0.4, -0.2) is 34.0 Å². The fourth-order valence-corrected chi connectivity index (χ4v) is 4.93. The molecule has 2 atom stereocenters. The predicted molar refractivity (Wildman–Crippen MR) is 118 cm³/mol. The number of benzene rings is 2. The van der Waals surface area contributed by atoms with E-state index in [9.17, 15) is 4.79 Å². The number of hydrogen-bond donors (Lipinski definition) is 2. The number of rotatable bonds is 3. The number of hydrogen-bond acceptors (Lipinski definition) is 2. The van der Waals surface area contributed by atoms with Gasteiger partial charge in [0.2, 0.25) is 0 Å². The number of amides is 1. The predicted octanol–water partition coefficient (Wildman–Crippen LogP) is 4.51. The molecule has 5 heteroatoms. The number of thiocarbonyl (C=S) groups is 1. The Kier molecular flexibility index (Phi) is 5.62. The number of carbonyl (C=O) groups excluding carboxylic acids is 1. The number of fused-ring (bicyclic) bond motifs is 2. The third-order valence-corrected chi connectivity index (χ3v) is 6.20. The van der Waals surface area contributed by atoms with Gasteiger partial charge in [-0.1, -0.05) is 35.9 Å². The van der Waals surface area contributed by atoms with Crippen LogP contribution in [0.5, 0.6) is 0 Å². The van der Waals surface area contributed by atoms with Crippen molar-refractivity contribution in [1.29, 1.82) is 0 Å². The Balaban J connectivity index is 1.41. The molecule has 2 aliphatic rings. The van der Waals surface area contributed by atoms with E-state index in [-0.39, 0.29) is 11.9 Å². The summed E-state index contributed by atoms with van der Waals surface area (Å²) in [5.74, 6) is 0.0292. The van der Waals surface area contributed by atoms with Gasteiger partial charge in [0.1, 0.15) is 0 Å². The van der Waals surface area contributed by atoms with Gasteiger partial charge in [0, 0.05) is 29.4 Å². The summed E-state index contributed by atoms with van der Waals surface area (Å²) in [5, 5.41) is 7.47. The van der Waals surface area contributed by atoms with E-state index in [1.165, 1.54) is 12.0 Å². The van der Waals surface area contributed by atoms with Crippen molar-refractivity contribution in [3.63, 3.8) is 0 Å². The summed E-state index contributed by atoms with van der Waals surface area (Å²) in [5.41, 5.74) is 2.93. The van der Waals surface area contributed by atoms with Crippen LogP contribution in [0.1, 0.15) is 48.0 Å². The van der Waals surface area contributed by atoms with Crippen molar-refractivity contribution in [3.8, 4) is 0 Å². The van der Waals surface area contributed by atoms with E-state index in [0.29, 0.717) is 12.1 Å². The quantitative estimate of drug-likeness (QED) is 0.753. The molecule has 0 spiro atoms. The van der Waals surface area contributed by atoms with Gasteiger partial charge in [0.05, 0.1) is 0 Å². The Morgan fingerprint density at radius 2 is 1.64 bits per heavy atom. The summed E-state index contributed by atoms with van der Waals surface area (Å²) in [4.78, 5) is 15.0. The molecule has 1 amide bonds. The number of carbonyl (C=O) groups is 1. The summed E-state index contributed by atoms with van der Waals surface area (Å²) in [6.07, 6.45) is 5.39. The van der Waals surface area contributed by atoms with Gasteiger partial charge in [-0.05, 0) is 75.5 Å². The molecule has 0 aliphatic carbocycles. The molecule has 2 fully saturated rings. The Hall–Kier alpha value is -2.40. The molecule has 0 unspecified atom stereocenters. The van der Waals surface area contributed by atoms with E-state index in [1.807, 2.05) is 61.5 Å². The fraction of sp³-hybridized carbons (Fsp3) is 0.391. The van der Waals surface area contributed by atoms with Crippen LogP contribution in [0, 0.1) is 6.92 Å². The molecular weight excluding hydrogens is 366 g/mol. The average molecular weight is 394 g/mol. The Bertz CT molecular complexity index is 823. The lowest BCUT2D eigenvalue weighted by Gasteiger charge is -2.50. The van der Waals surface area contributed by atoms with E-state index >= 15 is 0 Å². The highest BCUT2D eigenvalue weighted by atomic mass is 32.1. The third-order valence-electron chi connectivity index (χ3n) is 5.88. The van der Waals surface area contributed by atoms with Crippen LogP contribution in [0.4, 0.5) is 5.69 Å². The zero-order chi connectivity index (χ0) is 19.5. The number of piperidine rings is 2. The molecule has 28 heavy (non-hydrogen) atoms. The zero-order valence-corrected chi connectivity index (χ0v) is 17.0. The van der Waals surface area contributed by atoms with E-state index < -0.39 is 0 Å². The molecule has 146 valence electrons. The lowest BCUT2D eigenvalue weighted by molar-refractivity contribution is 0.0755. The lowest BCUT2D eigenvalue weighted by atomic mass is 9.82. The molecule has 0 saturated carbocycles. The van der Waals surface area contributed by atoms with Gasteiger partial charge in [0.25, 0.3) is 5.91 Å². The standard InChI is InChI=1S/C23H27N3OS/c1-16-10-12-17(13-11-16)22(27)24-19-14-20-8-5-9-21(15-19)26(20)23(28)25-18-6-3-2-4-7-18/h2-4,6-7,10-13,19-21H,5,8-9,14-15H2,1H3,(H,24,27)(H,25,28)/t20-,21-/m1/s1. The monoisotopic (exact) mass is 393 g/mol. The normalized spacial score (nSPS) is 23.8. The van der Waals surface area contributed by atoms with E-state index in [4.69, 9.17) is 12.2 Å². The summed E-state index contributed by atoms with van der Waals surface area (Å²) in [7, 11) is 0. The Labute approximate surface area is 172 Å². The van der Waals surface area contributed by atoms with Crippen LogP contribution in [-0.2, 0) is 0 Å². The molecule has 2 aromatic rings. The maximum absolute atomic E-state index is 12.6. The molecule has 4 rings (SSSR count). The first-order chi connectivity index (χ1) is 13.6. The van der Waals surface area contributed by atoms with Crippen LogP contribution in [0.25, 0.3) is 0 Å². The Morgan fingerprint density at radius 3 is 2.29 bits per heavy atom. The fourth-order valence-electron chi connectivity index (χ4n) is 4.51. The van der Waals surface area contributed by atoms with Crippen molar-refractivity contribution in [3.05, 3.63) is 65.7 Å². The lowest BCUT2D eigenvalue weighted by Crippen LogP contribution is -2.59. The van der Waals surface area contributed by atoms with Gasteiger partial charge in [-0.25, -0.2) is 0 Å². The highest BCUT2D eigenvalue weighted by Crippen LogP contribution is 2.34. The summed E-state index contributed by atoms with van der Waals surface area (Å²) >= 11 is 5.75. The highest BCUT2D eigenvalue weighted by Gasteiger charge is 2.40. The molecule has 0 radical (unpaired) electrons. The second-order valence-electron chi connectivity index (χ2n) is 7.95. The maximum Gasteiger partial charge on any atom is 0.251 e. The van der Waals surface area contributed by atoms with Crippen molar-refractivity contribution in [1.82, 2.24) is 10.2 Å². The average Bonchev–Trinajstić information content (AvgIpc) is 2.68. The molecular formula is C23H27N3OS. The largest absolute Gasteiger partial charge is 0.349 e. The van der Waals surface area contributed by atoms with Crippen LogP contribution < -0.4 is 10.6 Å². The van der Waals surface area contributed by atoms with Crippen molar-refractivity contribution in [2.24, 2.45) is 0 Å². The van der Waals surface area contributed by atoms with Crippen molar-refractivity contribution >= 4 is 28.9 Å². The van der Waals surface area contributed by atoms with Crippen molar-refractivity contribution in [2.75, 3.05) is 5.32 Å². The van der Waals surface area contributed by atoms with Crippen LogP contribution >= 0.6 is 12.2 Å². The second-order valence-corrected chi connectivity index (χ2v) is 8.34. The number of para-hydroxylation sites is 1. The maximum atomic E-state index is 12.6. The van der Waals surface area contributed by atoms with Gasteiger partial charge in [-0.15, -0.1) is 0 Å². The molecule has 2 heterocycles. The first-order valence-electron chi connectivity index (χ1n) is 10.1. The second kappa shape index (κ2) is 8.31. The number of nitrogens with one attached hydrogen (secondary N) is 2. The minimum atomic E-state index is 0.0292. The van der Waals surface area contributed by atoms with Crippen molar-refractivity contribution in [2.45, 2.75) is 57.2 Å². The molecule has 0 aromatic heterocycles. The molecule has 2 N–H and O–H groups in total. The Morgan fingerprint density at radius 1 is 1.00 bits per heavy atom.